The average molecular weight is 204 g/mol. The Bertz CT molecular complexity index is 503. The highest BCUT2D eigenvalue weighted by Gasteiger charge is 2.03. The molecule has 0 bridgehead atoms. The number of benzene rings is 1. The summed E-state index contributed by atoms with van der Waals surface area (Å²) in [6, 6.07) is 5.50. The number of rotatable bonds is 3. The Kier molecular flexibility index (Phi) is 2.29. The molecule has 1 aromatic carbocycles. The van der Waals surface area contributed by atoms with Gasteiger partial charge in [0.15, 0.2) is 0 Å². The second-order valence-corrected chi connectivity index (χ2v) is 3.40. The van der Waals surface area contributed by atoms with Crippen LogP contribution in [-0.2, 0) is 11.3 Å². The van der Waals surface area contributed by atoms with Gasteiger partial charge in [0.05, 0.1) is 17.4 Å². The molecule has 0 unspecified atom stereocenters. The molecule has 0 saturated carbocycles. The van der Waals surface area contributed by atoms with Gasteiger partial charge in [0.2, 0.25) is 5.91 Å². The zero-order valence-electron chi connectivity index (χ0n) is 8.18. The first-order valence-corrected chi connectivity index (χ1v) is 4.65. The van der Waals surface area contributed by atoms with Crippen molar-refractivity contribution in [2.45, 2.75) is 13.0 Å². The molecule has 0 radical (unpaired) electrons. The second kappa shape index (κ2) is 3.61. The first-order valence-electron chi connectivity index (χ1n) is 4.65. The number of aryl methyl sites for hydroxylation is 1. The number of nitrogens with zero attached hydrogens (tertiary/aromatic N) is 2. The molecule has 1 heterocycles. The van der Waals surface area contributed by atoms with Crippen LogP contribution in [0.25, 0.3) is 11.0 Å². The summed E-state index contributed by atoms with van der Waals surface area (Å²) in [5, 5.41) is 0. The minimum atomic E-state index is -0.313. The molecule has 1 amide bonds. The molecule has 15 heavy (non-hydrogen) atoms. The van der Waals surface area contributed by atoms with Gasteiger partial charge >= 0.3 is 0 Å². The van der Waals surface area contributed by atoms with Crippen LogP contribution in [-0.4, -0.2) is 15.5 Å². The molecule has 0 aliphatic carbocycles. The van der Waals surface area contributed by atoms with E-state index in [1.54, 1.807) is 12.4 Å². The Balaban J connectivity index is 2.32. The first-order chi connectivity index (χ1) is 7.16. The summed E-state index contributed by atoms with van der Waals surface area (Å²) < 4.78 is 1.89. The molecular weight excluding hydrogens is 192 g/mol. The summed E-state index contributed by atoms with van der Waals surface area (Å²) in [6.45, 7) is 0.551. The SMILES string of the molecule is NC(=O)CCn1cnc2cc(N)ccc21. The first kappa shape index (κ1) is 9.51. The number of imidazole rings is 1. The zero-order valence-corrected chi connectivity index (χ0v) is 8.18. The topological polar surface area (TPSA) is 86.9 Å². The van der Waals surface area contributed by atoms with Gasteiger partial charge in [0.25, 0.3) is 0 Å². The van der Waals surface area contributed by atoms with Crippen LogP contribution in [0.3, 0.4) is 0 Å². The molecule has 5 heteroatoms. The van der Waals surface area contributed by atoms with Gasteiger partial charge in [0.1, 0.15) is 0 Å². The van der Waals surface area contributed by atoms with E-state index in [-0.39, 0.29) is 5.91 Å². The monoisotopic (exact) mass is 204 g/mol. The van der Waals surface area contributed by atoms with Crippen LogP contribution in [0, 0.1) is 0 Å². The van der Waals surface area contributed by atoms with Crippen LogP contribution in [0.4, 0.5) is 5.69 Å². The zero-order chi connectivity index (χ0) is 10.8. The van der Waals surface area contributed by atoms with Crippen LogP contribution >= 0.6 is 0 Å². The maximum Gasteiger partial charge on any atom is 0.219 e. The number of carbonyl (C=O) groups excluding carboxylic acids is 1. The summed E-state index contributed by atoms with van der Waals surface area (Å²) in [5.41, 5.74) is 13.2. The smallest absolute Gasteiger partial charge is 0.219 e. The van der Waals surface area contributed by atoms with E-state index >= 15 is 0 Å². The third-order valence-electron chi connectivity index (χ3n) is 2.24. The van der Waals surface area contributed by atoms with Gasteiger partial charge in [-0.1, -0.05) is 0 Å². The predicted octanol–water partition coefficient (Wildman–Crippen LogP) is 0.494. The quantitative estimate of drug-likeness (QED) is 0.713. The summed E-state index contributed by atoms with van der Waals surface area (Å²) >= 11 is 0. The molecule has 0 atom stereocenters. The highest BCUT2D eigenvalue weighted by molar-refractivity contribution is 5.79. The van der Waals surface area contributed by atoms with E-state index in [0.29, 0.717) is 18.7 Å². The van der Waals surface area contributed by atoms with Crippen molar-refractivity contribution in [2.75, 3.05) is 5.73 Å². The molecule has 5 nitrogen and oxygen atoms in total. The van der Waals surface area contributed by atoms with Gasteiger partial charge in [-0.2, -0.15) is 0 Å². The van der Waals surface area contributed by atoms with E-state index in [2.05, 4.69) is 4.98 Å². The number of aromatic nitrogens is 2. The highest BCUT2D eigenvalue weighted by Crippen LogP contribution is 2.16. The normalized spacial score (nSPS) is 10.7. The summed E-state index contributed by atoms with van der Waals surface area (Å²) in [7, 11) is 0. The van der Waals surface area contributed by atoms with Crippen molar-refractivity contribution < 1.29 is 4.79 Å². The Labute approximate surface area is 86.7 Å². The van der Waals surface area contributed by atoms with Crippen molar-refractivity contribution in [1.82, 2.24) is 9.55 Å². The number of primary amides is 1. The number of nitrogens with two attached hydrogens (primary N) is 2. The molecule has 0 saturated heterocycles. The number of anilines is 1. The van der Waals surface area contributed by atoms with Gasteiger partial charge in [-0.25, -0.2) is 4.98 Å². The molecule has 4 N–H and O–H groups in total. The van der Waals surface area contributed by atoms with Crippen LogP contribution in [0.1, 0.15) is 6.42 Å². The van der Waals surface area contributed by atoms with Gasteiger partial charge < -0.3 is 16.0 Å². The molecule has 0 fully saturated rings. The minimum Gasteiger partial charge on any atom is -0.399 e. The number of fused-ring (bicyclic) bond motifs is 1. The Hall–Kier alpha value is -2.04. The van der Waals surface area contributed by atoms with Gasteiger partial charge in [0, 0.05) is 18.7 Å². The van der Waals surface area contributed by atoms with Crippen molar-refractivity contribution >= 4 is 22.6 Å². The largest absolute Gasteiger partial charge is 0.399 e. The summed E-state index contributed by atoms with van der Waals surface area (Å²) in [4.78, 5) is 14.8. The lowest BCUT2D eigenvalue weighted by molar-refractivity contribution is -0.118. The van der Waals surface area contributed by atoms with Crippen LogP contribution in [0.2, 0.25) is 0 Å². The number of amides is 1. The highest BCUT2D eigenvalue weighted by atomic mass is 16.1. The maximum atomic E-state index is 10.7. The van der Waals surface area contributed by atoms with Gasteiger partial charge in [-0.15, -0.1) is 0 Å². The van der Waals surface area contributed by atoms with Crippen molar-refractivity contribution in [3.63, 3.8) is 0 Å². The lowest BCUT2D eigenvalue weighted by Crippen LogP contribution is -2.13. The minimum absolute atomic E-state index is 0.313. The Morgan fingerprint density at radius 3 is 3.00 bits per heavy atom. The lowest BCUT2D eigenvalue weighted by Gasteiger charge is -2.01. The van der Waals surface area contributed by atoms with E-state index in [9.17, 15) is 4.79 Å². The maximum absolute atomic E-state index is 10.7. The second-order valence-electron chi connectivity index (χ2n) is 3.40. The molecule has 1 aromatic heterocycles. The van der Waals surface area contributed by atoms with Crippen LogP contribution in [0.5, 0.6) is 0 Å². The molecule has 0 aliphatic rings. The number of nitrogen functional groups attached to an aromatic ring is 1. The van der Waals surface area contributed by atoms with Gasteiger partial charge in [-0.3, -0.25) is 4.79 Å². The van der Waals surface area contributed by atoms with E-state index in [4.69, 9.17) is 11.5 Å². The van der Waals surface area contributed by atoms with Crippen molar-refractivity contribution in [2.24, 2.45) is 5.73 Å². The van der Waals surface area contributed by atoms with Crippen molar-refractivity contribution in [3.05, 3.63) is 24.5 Å². The van der Waals surface area contributed by atoms with Crippen LogP contribution in [0.15, 0.2) is 24.5 Å². The fourth-order valence-electron chi connectivity index (χ4n) is 1.49. The number of hydrogen-bond acceptors (Lipinski definition) is 3. The molecule has 0 aliphatic heterocycles. The molecular formula is C10H12N4O. The number of hydrogen-bond donors (Lipinski definition) is 2. The lowest BCUT2D eigenvalue weighted by atomic mass is 10.3. The third-order valence-corrected chi connectivity index (χ3v) is 2.24. The molecule has 0 spiro atoms. The van der Waals surface area contributed by atoms with E-state index < -0.39 is 0 Å². The van der Waals surface area contributed by atoms with Gasteiger partial charge in [-0.05, 0) is 18.2 Å². The van der Waals surface area contributed by atoms with E-state index in [1.165, 1.54) is 0 Å². The van der Waals surface area contributed by atoms with E-state index in [0.717, 1.165) is 11.0 Å². The standard InChI is InChI=1S/C10H12N4O/c11-7-1-2-9-8(5-7)13-6-14(9)4-3-10(12)15/h1-2,5-6H,3-4,11H2,(H2,12,15). The summed E-state index contributed by atoms with van der Waals surface area (Å²) in [6.07, 6.45) is 2.00. The van der Waals surface area contributed by atoms with Crippen molar-refractivity contribution in [3.8, 4) is 0 Å². The average Bonchev–Trinajstić information content (AvgIpc) is 2.57. The molecule has 78 valence electrons. The number of carbonyl (C=O) groups is 1. The Morgan fingerprint density at radius 1 is 1.47 bits per heavy atom. The van der Waals surface area contributed by atoms with Crippen molar-refractivity contribution in [1.29, 1.82) is 0 Å². The van der Waals surface area contributed by atoms with E-state index in [1.807, 2.05) is 16.7 Å². The molecule has 2 rings (SSSR count). The summed E-state index contributed by atoms with van der Waals surface area (Å²) in [5.74, 6) is -0.313. The Morgan fingerprint density at radius 2 is 2.27 bits per heavy atom. The fraction of sp³-hybridized carbons (Fsp3) is 0.200. The third kappa shape index (κ3) is 1.90. The fourth-order valence-corrected chi connectivity index (χ4v) is 1.49. The van der Waals surface area contributed by atoms with Crippen LogP contribution < -0.4 is 11.5 Å². The molecule has 2 aromatic rings. The predicted molar refractivity (Wildman–Crippen MR) is 58.0 cm³/mol.